The third-order valence-corrected chi connectivity index (χ3v) is 3.56. The third kappa shape index (κ3) is 9.85. The van der Waals surface area contributed by atoms with Gasteiger partial charge in [0, 0.05) is 12.8 Å². The SMILES string of the molecule is CCCCCCCCCCC#COC1CCCCO1. The highest BCUT2D eigenvalue weighted by Gasteiger charge is 2.12. The van der Waals surface area contributed by atoms with Crippen LogP contribution in [-0.2, 0) is 9.47 Å². The summed E-state index contributed by atoms with van der Waals surface area (Å²) in [6.07, 6.45) is 17.8. The van der Waals surface area contributed by atoms with Gasteiger partial charge in [0.25, 0.3) is 0 Å². The minimum absolute atomic E-state index is 0.0696. The van der Waals surface area contributed by atoms with Gasteiger partial charge in [-0.3, -0.25) is 0 Å². The zero-order valence-electron chi connectivity index (χ0n) is 12.6. The minimum atomic E-state index is -0.0696. The lowest BCUT2D eigenvalue weighted by atomic mass is 10.1. The molecule has 1 saturated heterocycles. The average molecular weight is 266 g/mol. The standard InChI is InChI=1S/C17H30O2/c1-2-3-4-5-6-7-8-9-10-12-15-18-17-14-11-13-16-19-17/h17H,2-11,13-14,16H2,1H3. The van der Waals surface area contributed by atoms with Crippen molar-refractivity contribution in [2.75, 3.05) is 6.61 Å². The second-order valence-corrected chi connectivity index (χ2v) is 5.42. The molecule has 1 unspecified atom stereocenters. The molecule has 0 aromatic heterocycles. The molecule has 0 aromatic carbocycles. The molecule has 0 amide bonds. The smallest absolute Gasteiger partial charge is 0.210 e. The third-order valence-electron chi connectivity index (χ3n) is 3.56. The highest BCUT2D eigenvalue weighted by atomic mass is 16.7. The van der Waals surface area contributed by atoms with Gasteiger partial charge in [0.2, 0.25) is 6.29 Å². The van der Waals surface area contributed by atoms with Crippen LogP contribution in [0.1, 0.15) is 84.0 Å². The molecule has 0 saturated carbocycles. The van der Waals surface area contributed by atoms with Gasteiger partial charge >= 0.3 is 0 Å². The van der Waals surface area contributed by atoms with Crippen LogP contribution >= 0.6 is 0 Å². The molecule has 0 radical (unpaired) electrons. The van der Waals surface area contributed by atoms with Crippen molar-refractivity contribution in [2.45, 2.75) is 90.3 Å². The molecule has 1 atom stereocenters. The fourth-order valence-corrected chi connectivity index (χ4v) is 2.31. The Hall–Kier alpha value is -0.680. The van der Waals surface area contributed by atoms with Crippen LogP contribution in [0.15, 0.2) is 0 Å². The molecule has 1 heterocycles. The van der Waals surface area contributed by atoms with Crippen molar-refractivity contribution in [3.05, 3.63) is 0 Å². The molecule has 1 rings (SSSR count). The zero-order chi connectivity index (χ0) is 13.6. The molecule has 0 aliphatic carbocycles. The number of hydrogen-bond donors (Lipinski definition) is 0. The van der Waals surface area contributed by atoms with Crippen LogP contribution in [0.3, 0.4) is 0 Å². The molecule has 0 N–H and O–H groups in total. The Kier molecular flexibility index (Phi) is 10.7. The van der Waals surface area contributed by atoms with Crippen molar-refractivity contribution in [1.82, 2.24) is 0 Å². The Balaban J connectivity index is 1.82. The van der Waals surface area contributed by atoms with Crippen LogP contribution in [0.5, 0.6) is 0 Å². The fraction of sp³-hybridized carbons (Fsp3) is 0.882. The summed E-state index contributed by atoms with van der Waals surface area (Å²) >= 11 is 0. The fourth-order valence-electron chi connectivity index (χ4n) is 2.31. The summed E-state index contributed by atoms with van der Waals surface area (Å²) in [6, 6.07) is 0. The van der Waals surface area contributed by atoms with E-state index >= 15 is 0 Å². The lowest BCUT2D eigenvalue weighted by Crippen LogP contribution is -2.20. The molecule has 1 aliphatic heterocycles. The van der Waals surface area contributed by atoms with Crippen molar-refractivity contribution < 1.29 is 9.47 Å². The van der Waals surface area contributed by atoms with Crippen LogP contribution < -0.4 is 0 Å². The topological polar surface area (TPSA) is 18.5 Å². The maximum atomic E-state index is 5.45. The molecule has 1 aliphatic rings. The van der Waals surface area contributed by atoms with E-state index in [0.717, 1.165) is 25.9 Å². The van der Waals surface area contributed by atoms with Crippen molar-refractivity contribution in [1.29, 1.82) is 0 Å². The number of ether oxygens (including phenoxy) is 2. The molecule has 2 heteroatoms. The second-order valence-electron chi connectivity index (χ2n) is 5.42. The number of rotatable bonds is 9. The summed E-state index contributed by atoms with van der Waals surface area (Å²) in [4.78, 5) is 0. The van der Waals surface area contributed by atoms with E-state index in [9.17, 15) is 0 Å². The van der Waals surface area contributed by atoms with E-state index in [2.05, 4.69) is 19.0 Å². The Morgan fingerprint density at radius 3 is 2.42 bits per heavy atom. The van der Waals surface area contributed by atoms with Crippen molar-refractivity contribution in [3.8, 4) is 12.0 Å². The van der Waals surface area contributed by atoms with Crippen molar-refractivity contribution in [2.24, 2.45) is 0 Å². The van der Waals surface area contributed by atoms with Gasteiger partial charge in [0.15, 0.2) is 0 Å². The molecule has 110 valence electrons. The molecule has 1 fully saturated rings. The van der Waals surface area contributed by atoms with Crippen LogP contribution in [0, 0.1) is 12.0 Å². The molecule has 0 spiro atoms. The zero-order valence-corrected chi connectivity index (χ0v) is 12.6. The van der Waals surface area contributed by atoms with Gasteiger partial charge in [-0.1, -0.05) is 57.8 Å². The van der Waals surface area contributed by atoms with Crippen LogP contribution in [-0.4, -0.2) is 12.9 Å². The van der Waals surface area contributed by atoms with Crippen LogP contribution in [0.4, 0.5) is 0 Å². The Morgan fingerprint density at radius 2 is 1.74 bits per heavy atom. The molecule has 19 heavy (non-hydrogen) atoms. The van der Waals surface area contributed by atoms with Gasteiger partial charge in [-0.2, -0.15) is 0 Å². The average Bonchev–Trinajstić information content (AvgIpc) is 2.46. The van der Waals surface area contributed by atoms with Gasteiger partial charge in [-0.25, -0.2) is 0 Å². The van der Waals surface area contributed by atoms with Crippen molar-refractivity contribution in [3.63, 3.8) is 0 Å². The Morgan fingerprint density at radius 1 is 1.00 bits per heavy atom. The van der Waals surface area contributed by atoms with E-state index in [-0.39, 0.29) is 6.29 Å². The minimum Gasteiger partial charge on any atom is -0.414 e. The molecule has 2 nitrogen and oxygen atoms in total. The first-order valence-corrected chi connectivity index (χ1v) is 8.18. The monoisotopic (exact) mass is 266 g/mol. The van der Waals surface area contributed by atoms with E-state index in [1.165, 1.54) is 57.8 Å². The Labute approximate surface area is 119 Å². The van der Waals surface area contributed by atoms with E-state index in [1.54, 1.807) is 0 Å². The largest absolute Gasteiger partial charge is 0.414 e. The summed E-state index contributed by atoms with van der Waals surface area (Å²) in [6.45, 7) is 3.09. The van der Waals surface area contributed by atoms with Crippen molar-refractivity contribution >= 4 is 0 Å². The van der Waals surface area contributed by atoms with E-state index in [4.69, 9.17) is 9.47 Å². The molecular formula is C17H30O2. The van der Waals surface area contributed by atoms with Gasteiger partial charge < -0.3 is 9.47 Å². The number of unbranched alkanes of at least 4 members (excludes halogenated alkanes) is 8. The maximum Gasteiger partial charge on any atom is 0.210 e. The van der Waals surface area contributed by atoms with Gasteiger partial charge in [-0.05, 0) is 19.3 Å². The number of hydrogen-bond acceptors (Lipinski definition) is 2. The first-order chi connectivity index (χ1) is 9.43. The maximum absolute atomic E-state index is 5.45. The summed E-state index contributed by atoms with van der Waals surface area (Å²) in [5.74, 6) is 3.09. The van der Waals surface area contributed by atoms with E-state index < -0.39 is 0 Å². The summed E-state index contributed by atoms with van der Waals surface area (Å²) in [5, 5.41) is 0. The van der Waals surface area contributed by atoms with Crippen LogP contribution in [0.2, 0.25) is 0 Å². The normalized spacial score (nSPS) is 18.7. The quantitative estimate of drug-likeness (QED) is 0.431. The highest BCUT2D eigenvalue weighted by molar-refractivity contribution is 4.91. The van der Waals surface area contributed by atoms with E-state index in [1.807, 2.05) is 0 Å². The lowest BCUT2D eigenvalue weighted by molar-refractivity contribution is -0.121. The first-order valence-electron chi connectivity index (χ1n) is 8.18. The summed E-state index contributed by atoms with van der Waals surface area (Å²) < 4.78 is 10.8. The van der Waals surface area contributed by atoms with Crippen LogP contribution in [0.25, 0.3) is 0 Å². The molecule has 0 bridgehead atoms. The van der Waals surface area contributed by atoms with Gasteiger partial charge in [0.1, 0.15) is 6.11 Å². The van der Waals surface area contributed by atoms with Gasteiger partial charge in [-0.15, -0.1) is 0 Å². The lowest BCUT2D eigenvalue weighted by Gasteiger charge is -2.19. The van der Waals surface area contributed by atoms with Gasteiger partial charge in [0.05, 0.1) is 6.61 Å². The summed E-state index contributed by atoms with van der Waals surface area (Å²) in [5.41, 5.74) is 0. The first kappa shape index (κ1) is 16.4. The predicted octanol–water partition coefficient (Wildman–Crippen LogP) is 5.02. The molecule has 0 aromatic rings. The summed E-state index contributed by atoms with van der Waals surface area (Å²) in [7, 11) is 0. The van der Waals surface area contributed by atoms with E-state index in [0.29, 0.717) is 0 Å². The predicted molar refractivity (Wildman–Crippen MR) is 79.7 cm³/mol. The highest BCUT2D eigenvalue weighted by Crippen LogP contribution is 2.13. The Bertz CT molecular complexity index is 246. The second kappa shape index (κ2) is 12.4. The molecular weight excluding hydrogens is 236 g/mol.